The minimum absolute atomic E-state index is 0.0213. The van der Waals surface area contributed by atoms with Crippen LogP contribution in [0, 0.1) is 41.4 Å². The lowest BCUT2D eigenvalue weighted by molar-refractivity contribution is -0.181. The van der Waals surface area contributed by atoms with Crippen LogP contribution in [-0.2, 0) is 25.6 Å². The Hall–Kier alpha value is -3.35. The van der Waals surface area contributed by atoms with Crippen molar-refractivity contribution in [1.29, 1.82) is 0 Å². The van der Waals surface area contributed by atoms with Crippen LogP contribution >= 0.6 is 0 Å². The van der Waals surface area contributed by atoms with E-state index in [1.807, 2.05) is 0 Å². The number of benzene rings is 1. The molecule has 0 heterocycles. The second-order valence-corrected chi connectivity index (χ2v) is 11.4. The second kappa shape index (κ2) is 9.44. The molecule has 0 bridgehead atoms. The number of primary amides is 1. The quantitative estimate of drug-likeness (QED) is 0.382. The molecule has 1 aromatic carbocycles. The third-order valence-electron chi connectivity index (χ3n) is 8.96. The number of hydrogen-bond donors (Lipinski definition) is 3. The fourth-order valence-corrected chi connectivity index (χ4v) is 7.15. The minimum atomic E-state index is -2.72. The summed E-state index contributed by atoms with van der Waals surface area (Å²) in [4.78, 5) is 67.6. The SMILES string of the molecule is CN(C)[C@@H]1C(=O)C(C(N)=O)C(=O)[C@@]2(O)C(=O)C3C(=O)c4c(O)ccc(C#CC5CCCCC5)c4CC3CC12. The lowest BCUT2D eigenvalue weighted by Crippen LogP contribution is -2.74. The molecule has 9 nitrogen and oxygen atoms in total. The van der Waals surface area contributed by atoms with Crippen molar-refractivity contribution in [3.8, 4) is 17.6 Å². The Morgan fingerprint density at radius 3 is 2.39 bits per heavy atom. The van der Waals surface area contributed by atoms with E-state index in [1.165, 1.54) is 17.4 Å². The highest BCUT2D eigenvalue weighted by atomic mass is 16.3. The largest absolute Gasteiger partial charge is 0.507 e. The molecule has 6 atom stereocenters. The number of Topliss-reactive ketones (excluding diaryl/α,β-unsaturated/α-hetero) is 4. The van der Waals surface area contributed by atoms with Crippen molar-refractivity contribution < 1.29 is 34.2 Å². The van der Waals surface area contributed by atoms with Crippen molar-refractivity contribution in [2.45, 2.75) is 56.6 Å². The standard InChI is InChI=1S/C29H32N2O7/c1-31(2)23-18-13-16-12-17-15(9-8-14-6-4-3-5-7-14)10-11-19(32)21(17)24(33)20(16)26(35)29(18,38)27(36)22(25(23)34)28(30)37/h10-11,14,16,18,20,22-23,32,38H,3-7,12-13H2,1-2H3,(H2,30,37)/t16?,18?,20?,22?,23-,29-/m0/s1. The average Bonchev–Trinajstić information content (AvgIpc) is 2.86. The highest BCUT2D eigenvalue weighted by molar-refractivity contribution is 6.32. The highest BCUT2D eigenvalue weighted by Gasteiger charge is 2.69. The van der Waals surface area contributed by atoms with E-state index in [-0.39, 0.29) is 30.1 Å². The zero-order valence-corrected chi connectivity index (χ0v) is 21.5. The van der Waals surface area contributed by atoms with Gasteiger partial charge in [0.25, 0.3) is 0 Å². The third kappa shape index (κ3) is 3.81. The molecular formula is C29H32N2O7. The molecule has 9 heteroatoms. The number of fused-ring (bicyclic) bond motifs is 3. The Balaban J connectivity index is 1.58. The number of aromatic hydroxyl groups is 1. The van der Waals surface area contributed by atoms with Crippen molar-refractivity contribution in [1.82, 2.24) is 4.90 Å². The monoisotopic (exact) mass is 520 g/mol. The van der Waals surface area contributed by atoms with Crippen LogP contribution in [0.25, 0.3) is 0 Å². The summed E-state index contributed by atoms with van der Waals surface area (Å²) in [5.41, 5.74) is 3.76. The van der Waals surface area contributed by atoms with Gasteiger partial charge in [0.2, 0.25) is 5.91 Å². The maximum Gasteiger partial charge on any atom is 0.235 e. The van der Waals surface area contributed by atoms with Gasteiger partial charge in [-0.2, -0.15) is 0 Å². The first-order chi connectivity index (χ1) is 18.0. The molecule has 1 aromatic rings. The molecule has 0 aliphatic heterocycles. The molecule has 200 valence electrons. The molecule has 38 heavy (non-hydrogen) atoms. The molecule has 0 radical (unpaired) electrons. The maximum atomic E-state index is 13.8. The molecule has 0 saturated heterocycles. The molecule has 4 unspecified atom stereocenters. The fourth-order valence-electron chi connectivity index (χ4n) is 7.15. The Morgan fingerprint density at radius 2 is 1.76 bits per heavy atom. The van der Waals surface area contributed by atoms with Crippen LogP contribution in [0.1, 0.15) is 60.0 Å². The Bertz CT molecular complexity index is 1320. The Kier molecular flexibility index (Phi) is 6.52. The number of likely N-dealkylation sites (N-methyl/N-ethyl adjacent to an activating group) is 1. The van der Waals surface area contributed by atoms with E-state index in [1.54, 1.807) is 20.2 Å². The van der Waals surface area contributed by atoms with Gasteiger partial charge in [0.15, 0.2) is 34.7 Å². The summed E-state index contributed by atoms with van der Waals surface area (Å²) in [6.45, 7) is 0. The van der Waals surface area contributed by atoms with Gasteiger partial charge in [-0.05, 0) is 63.4 Å². The number of carbonyl (C=O) groups is 5. The summed E-state index contributed by atoms with van der Waals surface area (Å²) in [6.07, 6.45) is 5.73. The van der Waals surface area contributed by atoms with E-state index in [9.17, 15) is 34.2 Å². The van der Waals surface area contributed by atoms with E-state index in [4.69, 9.17) is 5.73 Å². The average molecular weight is 521 g/mol. The van der Waals surface area contributed by atoms with E-state index in [0.29, 0.717) is 11.1 Å². The second-order valence-electron chi connectivity index (χ2n) is 11.4. The van der Waals surface area contributed by atoms with Crippen LogP contribution in [0.4, 0.5) is 0 Å². The Labute approximate surface area is 220 Å². The molecule has 3 saturated carbocycles. The Morgan fingerprint density at radius 1 is 1.08 bits per heavy atom. The molecule has 4 aliphatic carbocycles. The predicted octanol–water partition coefficient (Wildman–Crippen LogP) is 0.799. The molecule has 0 spiro atoms. The zero-order valence-electron chi connectivity index (χ0n) is 21.5. The summed E-state index contributed by atoms with van der Waals surface area (Å²) < 4.78 is 0. The molecule has 4 aliphatic rings. The van der Waals surface area contributed by atoms with Crippen LogP contribution in [-0.4, -0.2) is 69.9 Å². The molecular weight excluding hydrogens is 488 g/mol. The number of amides is 1. The number of nitrogens with zero attached hydrogens (tertiary/aromatic N) is 1. The van der Waals surface area contributed by atoms with E-state index >= 15 is 0 Å². The number of aliphatic hydroxyl groups is 1. The first-order valence-corrected chi connectivity index (χ1v) is 13.2. The predicted molar refractivity (Wildman–Crippen MR) is 135 cm³/mol. The van der Waals surface area contributed by atoms with Gasteiger partial charge in [0, 0.05) is 17.4 Å². The molecule has 5 rings (SSSR count). The number of carbonyl (C=O) groups excluding carboxylic acids is 5. The van der Waals surface area contributed by atoms with Gasteiger partial charge < -0.3 is 15.9 Å². The minimum Gasteiger partial charge on any atom is -0.507 e. The molecule has 3 fully saturated rings. The smallest absolute Gasteiger partial charge is 0.235 e. The summed E-state index contributed by atoms with van der Waals surface area (Å²) in [5.74, 6) is -3.64. The number of rotatable bonds is 2. The van der Waals surface area contributed by atoms with Crippen molar-refractivity contribution in [2.24, 2.45) is 35.3 Å². The van der Waals surface area contributed by atoms with Crippen LogP contribution < -0.4 is 5.73 Å². The van der Waals surface area contributed by atoms with Crippen molar-refractivity contribution in [3.63, 3.8) is 0 Å². The van der Waals surface area contributed by atoms with Gasteiger partial charge >= 0.3 is 0 Å². The zero-order chi connectivity index (χ0) is 27.5. The number of nitrogens with two attached hydrogens (primary N) is 1. The number of ketones is 4. The summed E-state index contributed by atoms with van der Waals surface area (Å²) in [7, 11) is 3.12. The van der Waals surface area contributed by atoms with Crippen molar-refractivity contribution in [3.05, 3.63) is 28.8 Å². The lowest BCUT2D eigenvalue weighted by atomic mass is 9.52. The first kappa shape index (κ1) is 26.3. The number of phenols is 1. The van der Waals surface area contributed by atoms with Crippen molar-refractivity contribution >= 4 is 29.0 Å². The van der Waals surface area contributed by atoms with Gasteiger partial charge in [-0.15, -0.1) is 0 Å². The number of phenolic OH excluding ortho intramolecular Hbond substituents is 1. The van der Waals surface area contributed by atoms with Gasteiger partial charge in [0.1, 0.15) is 5.75 Å². The normalized spacial score (nSPS) is 33.2. The molecule has 1 amide bonds. The molecule has 0 aromatic heterocycles. The van der Waals surface area contributed by atoms with Gasteiger partial charge in [-0.1, -0.05) is 31.1 Å². The van der Waals surface area contributed by atoms with Crippen LogP contribution in [0.5, 0.6) is 5.75 Å². The van der Waals surface area contributed by atoms with Gasteiger partial charge in [0.05, 0.1) is 17.5 Å². The van der Waals surface area contributed by atoms with Crippen LogP contribution in [0.2, 0.25) is 0 Å². The topological polar surface area (TPSA) is 155 Å². The lowest BCUT2D eigenvalue weighted by Gasteiger charge is -2.52. The van der Waals surface area contributed by atoms with Crippen LogP contribution in [0.3, 0.4) is 0 Å². The summed E-state index contributed by atoms with van der Waals surface area (Å²) in [5, 5.41) is 22.3. The third-order valence-corrected chi connectivity index (χ3v) is 8.96. The molecule has 4 N–H and O–H groups in total. The maximum absolute atomic E-state index is 13.8. The number of hydrogen-bond acceptors (Lipinski definition) is 8. The first-order valence-electron chi connectivity index (χ1n) is 13.2. The van der Waals surface area contributed by atoms with Crippen molar-refractivity contribution in [2.75, 3.05) is 14.1 Å². The van der Waals surface area contributed by atoms with Gasteiger partial charge in [-0.25, -0.2) is 0 Å². The fraction of sp³-hybridized carbons (Fsp3) is 0.552. The van der Waals surface area contributed by atoms with E-state index < -0.39 is 64.4 Å². The van der Waals surface area contributed by atoms with E-state index in [2.05, 4.69) is 11.8 Å². The summed E-state index contributed by atoms with van der Waals surface area (Å²) >= 11 is 0. The van der Waals surface area contributed by atoms with Gasteiger partial charge in [-0.3, -0.25) is 28.9 Å². The van der Waals surface area contributed by atoms with E-state index in [0.717, 1.165) is 25.7 Å². The highest BCUT2D eigenvalue weighted by Crippen LogP contribution is 2.51. The van der Waals surface area contributed by atoms with Crippen LogP contribution in [0.15, 0.2) is 12.1 Å². The summed E-state index contributed by atoms with van der Waals surface area (Å²) in [6, 6.07) is 1.93.